The molecule has 0 amide bonds. The van der Waals surface area contributed by atoms with E-state index in [0.717, 1.165) is 0 Å². The molecule has 0 aromatic carbocycles. The summed E-state index contributed by atoms with van der Waals surface area (Å²) in [6.45, 7) is 3.03. The molecule has 0 aliphatic rings. The molecule has 0 atom stereocenters. The Morgan fingerprint density at radius 1 is 1.50 bits per heavy atom. The van der Waals surface area contributed by atoms with E-state index >= 15 is 0 Å². The van der Waals surface area contributed by atoms with E-state index in [0.29, 0.717) is 5.69 Å². The molecule has 0 unspecified atom stereocenters. The van der Waals surface area contributed by atoms with Crippen LogP contribution in [0.15, 0.2) is 9.42 Å². The second-order valence-electron chi connectivity index (χ2n) is 2.27. The highest BCUT2D eigenvalue weighted by molar-refractivity contribution is 7.89. The number of hydrazine groups is 1. The van der Waals surface area contributed by atoms with Crippen LogP contribution in [0.5, 0.6) is 0 Å². The van der Waals surface area contributed by atoms with Crippen molar-refractivity contribution in [2.75, 3.05) is 0 Å². The Hall–Kier alpha value is -0.920. The number of aryl methyl sites for hydroxylation is 2. The smallest absolute Gasteiger partial charge is 0.258 e. The zero-order valence-electron chi connectivity index (χ0n) is 6.66. The van der Waals surface area contributed by atoms with Crippen LogP contribution >= 0.6 is 0 Å². The lowest BCUT2D eigenvalue weighted by Crippen LogP contribution is -2.30. The number of aromatic nitrogens is 1. The van der Waals surface area contributed by atoms with Gasteiger partial charge in [0.1, 0.15) is 10.6 Å². The first-order valence-electron chi connectivity index (χ1n) is 3.14. The number of hydrogen-bond donors (Lipinski definition) is 2. The average molecular weight is 191 g/mol. The maximum atomic E-state index is 11.2. The zero-order chi connectivity index (χ0) is 9.35. The van der Waals surface area contributed by atoms with Crippen LogP contribution in [0.3, 0.4) is 0 Å². The largest absolute Gasteiger partial charge is 0.360 e. The number of sulfonamides is 1. The number of hydrogen-bond acceptors (Lipinski definition) is 5. The number of nitrogens with two attached hydrogens (primary N) is 1. The Balaban J connectivity index is 3.37. The van der Waals surface area contributed by atoms with Gasteiger partial charge in [-0.15, -0.1) is 4.83 Å². The van der Waals surface area contributed by atoms with Gasteiger partial charge in [0.25, 0.3) is 10.0 Å². The highest BCUT2D eigenvalue weighted by Crippen LogP contribution is 2.17. The van der Waals surface area contributed by atoms with E-state index in [1.807, 2.05) is 0 Å². The van der Waals surface area contributed by atoms with E-state index in [-0.39, 0.29) is 10.7 Å². The van der Waals surface area contributed by atoms with Crippen LogP contribution in [0.1, 0.15) is 11.5 Å². The second kappa shape index (κ2) is 2.85. The topological polar surface area (TPSA) is 98.2 Å². The molecular weight excluding hydrogens is 182 g/mol. The van der Waals surface area contributed by atoms with Gasteiger partial charge in [-0.1, -0.05) is 5.16 Å². The van der Waals surface area contributed by atoms with Gasteiger partial charge in [-0.05, 0) is 13.8 Å². The van der Waals surface area contributed by atoms with Crippen LogP contribution in [-0.4, -0.2) is 13.6 Å². The van der Waals surface area contributed by atoms with Crippen LogP contribution in [0.25, 0.3) is 0 Å². The van der Waals surface area contributed by atoms with Crippen molar-refractivity contribution >= 4 is 10.0 Å². The van der Waals surface area contributed by atoms with Crippen LogP contribution in [0.4, 0.5) is 0 Å². The molecule has 0 saturated carbocycles. The summed E-state index contributed by atoms with van der Waals surface area (Å²) in [7, 11) is -3.64. The number of rotatable bonds is 2. The normalized spacial score (nSPS) is 11.9. The fourth-order valence-electron chi connectivity index (χ4n) is 0.917. The number of nitrogens with zero attached hydrogens (tertiary/aromatic N) is 1. The third-order valence-corrected chi connectivity index (χ3v) is 2.82. The van der Waals surface area contributed by atoms with Gasteiger partial charge in [-0.2, -0.15) is 0 Å². The van der Waals surface area contributed by atoms with Gasteiger partial charge < -0.3 is 4.52 Å². The Morgan fingerprint density at radius 3 is 2.42 bits per heavy atom. The van der Waals surface area contributed by atoms with Crippen molar-refractivity contribution in [1.29, 1.82) is 0 Å². The third kappa shape index (κ3) is 1.33. The molecule has 12 heavy (non-hydrogen) atoms. The molecule has 1 aromatic rings. The van der Waals surface area contributed by atoms with Crippen molar-refractivity contribution in [3.63, 3.8) is 0 Å². The molecule has 1 aromatic heterocycles. The van der Waals surface area contributed by atoms with E-state index in [9.17, 15) is 8.42 Å². The average Bonchev–Trinajstić information content (AvgIpc) is 2.31. The van der Waals surface area contributed by atoms with Crippen molar-refractivity contribution in [3.05, 3.63) is 11.5 Å². The SMILES string of the molecule is Cc1noc(C)c1S(=O)(=O)NN. The molecule has 3 N–H and O–H groups in total. The molecule has 1 rings (SSSR count). The second-order valence-corrected chi connectivity index (χ2v) is 3.93. The van der Waals surface area contributed by atoms with E-state index in [2.05, 4.69) is 9.68 Å². The highest BCUT2D eigenvalue weighted by atomic mass is 32.2. The lowest BCUT2D eigenvalue weighted by Gasteiger charge is -1.98. The highest BCUT2D eigenvalue weighted by Gasteiger charge is 2.22. The Morgan fingerprint density at radius 2 is 2.08 bits per heavy atom. The van der Waals surface area contributed by atoms with Gasteiger partial charge in [0.05, 0.1) is 0 Å². The minimum atomic E-state index is -3.64. The molecule has 7 heteroatoms. The van der Waals surface area contributed by atoms with Crippen molar-refractivity contribution < 1.29 is 12.9 Å². The molecular formula is C5H9N3O3S. The van der Waals surface area contributed by atoms with Gasteiger partial charge in [0.2, 0.25) is 0 Å². The van der Waals surface area contributed by atoms with Crippen molar-refractivity contribution in [1.82, 2.24) is 9.99 Å². The zero-order valence-corrected chi connectivity index (χ0v) is 7.47. The van der Waals surface area contributed by atoms with Crippen LogP contribution in [0.2, 0.25) is 0 Å². The van der Waals surface area contributed by atoms with Gasteiger partial charge in [0.15, 0.2) is 5.76 Å². The Labute approximate surface area is 69.7 Å². The quantitative estimate of drug-likeness (QED) is 0.482. The monoisotopic (exact) mass is 191 g/mol. The summed E-state index contributed by atoms with van der Waals surface area (Å²) in [5.41, 5.74) is 0.297. The van der Waals surface area contributed by atoms with Crippen molar-refractivity contribution in [2.45, 2.75) is 18.7 Å². The van der Waals surface area contributed by atoms with Gasteiger partial charge >= 0.3 is 0 Å². The standard InChI is InChI=1S/C5H9N3O3S/c1-3-5(4(2)11-7-3)12(9,10)8-6/h8H,6H2,1-2H3. The van der Waals surface area contributed by atoms with Crippen LogP contribution in [0, 0.1) is 13.8 Å². The van der Waals surface area contributed by atoms with E-state index in [1.165, 1.54) is 13.8 Å². The van der Waals surface area contributed by atoms with Gasteiger partial charge in [-0.3, -0.25) is 5.84 Å². The summed E-state index contributed by atoms with van der Waals surface area (Å²) < 4.78 is 27.0. The molecule has 1 heterocycles. The molecule has 0 fully saturated rings. The van der Waals surface area contributed by atoms with E-state index in [4.69, 9.17) is 5.84 Å². The maximum absolute atomic E-state index is 11.2. The minimum absolute atomic E-state index is 0.00463. The molecule has 6 nitrogen and oxygen atoms in total. The summed E-state index contributed by atoms with van der Waals surface area (Å²) in [5.74, 6) is 5.06. The summed E-state index contributed by atoms with van der Waals surface area (Å²) >= 11 is 0. The van der Waals surface area contributed by atoms with Gasteiger partial charge in [-0.25, -0.2) is 8.42 Å². The Bertz CT molecular complexity index is 361. The van der Waals surface area contributed by atoms with Gasteiger partial charge in [0, 0.05) is 0 Å². The minimum Gasteiger partial charge on any atom is -0.360 e. The lowest BCUT2D eigenvalue weighted by molar-refractivity contribution is 0.390. The lowest BCUT2D eigenvalue weighted by atomic mass is 10.4. The first kappa shape index (κ1) is 9.17. The first-order valence-corrected chi connectivity index (χ1v) is 4.62. The maximum Gasteiger partial charge on any atom is 0.258 e. The summed E-state index contributed by atoms with van der Waals surface area (Å²) in [6.07, 6.45) is 0. The molecule has 0 bridgehead atoms. The van der Waals surface area contributed by atoms with Crippen LogP contribution in [-0.2, 0) is 10.0 Å². The number of nitrogens with one attached hydrogen (secondary N) is 1. The van der Waals surface area contributed by atoms with Crippen molar-refractivity contribution in [3.8, 4) is 0 Å². The fraction of sp³-hybridized carbons (Fsp3) is 0.400. The molecule has 68 valence electrons. The molecule has 0 saturated heterocycles. The predicted molar refractivity (Wildman–Crippen MR) is 40.5 cm³/mol. The first-order chi connectivity index (χ1) is 5.49. The predicted octanol–water partition coefficient (Wildman–Crippen LogP) is -0.557. The summed E-state index contributed by atoms with van der Waals surface area (Å²) in [4.78, 5) is 1.70. The Kier molecular flexibility index (Phi) is 2.18. The summed E-state index contributed by atoms with van der Waals surface area (Å²) in [6, 6.07) is 0. The molecule has 0 aliphatic carbocycles. The third-order valence-electron chi connectivity index (χ3n) is 1.39. The molecule has 0 radical (unpaired) electrons. The van der Waals surface area contributed by atoms with E-state index in [1.54, 1.807) is 4.83 Å². The summed E-state index contributed by atoms with van der Waals surface area (Å²) in [5, 5.41) is 3.48. The molecule has 0 aliphatic heterocycles. The van der Waals surface area contributed by atoms with E-state index < -0.39 is 10.0 Å². The fourth-order valence-corrected chi connectivity index (χ4v) is 1.88. The van der Waals surface area contributed by atoms with Crippen LogP contribution < -0.4 is 10.7 Å². The molecule has 0 spiro atoms. The van der Waals surface area contributed by atoms with Crippen molar-refractivity contribution in [2.24, 2.45) is 5.84 Å².